The molecule has 6 unspecified atom stereocenters. The molecule has 0 heterocycles. The third kappa shape index (κ3) is 5.91. The monoisotopic (exact) mass is 498 g/mol. The van der Waals surface area contributed by atoms with Crippen LogP contribution in [0, 0.1) is 35.4 Å². The third-order valence-electron chi connectivity index (χ3n) is 7.66. The molecule has 0 radical (unpaired) electrons. The lowest BCUT2D eigenvalue weighted by Crippen LogP contribution is -2.37. The summed E-state index contributed by atoms with van der Waals surface area (Å²) in [4.78, 5) is 12.4. The Morgan fingerprint density at radius 1 is 1.15 bits per heavy atom. The van der Waals surface area contributed by atoms with E-state index in [1.807, 2.05) is 13.8 Å². The number of unbranched alkanes of at least 4 members (excludes halogenated alkanes) is 1. The molecule has 1 N–H and O–H groups in total. The first-order chi connectivity index (χ1) is 16.1. The standard InChI is InChI=1S/C25H35FO7S/c1-15(2)25(32-22-14-17-12-20(22)19-7-5-6-18(17)19)33-23-13-16(8-9-21(23)26)24(27)31-10-3-4-11-34(28,29)30/h8-9,13,15,17-20,22,25H,3-7,10-12,14H2,1-2H3,(H,28,29,30). The second-order valence-corrected chi connectivity index (χ2v) is 11.9. The summed E-state index contributed by atoms with van der Waals surface area (Å²) in [6.45, 7) is 3.93. The molecule has 0 aromatic heterocycles. The molecule has 0 saturated heterocycles. The minimum atomic E-state index is -4.03. The van der Waals surface area contributed by atoms with Crippen LogP contribution in [0.25, 0.3) is 0 Å². The smallest absolute Gasteiger partial charge is 0.338 e. The highest BCUT2D eigenvalue weighted by Gasteiger charge is 2.54. The van der Waals surface area contributed by atoms with Crippen LogP contribution in [0.15, 0.2) is 18.2 Å². The van der Waals surface area contributed by atoms with E-state index in [-0.39, 0.29) is 48.5 Å². The summed E-state index contributed by atoms with van der Waals surface area (Å²) in [6, 6.07) is 3.81. The molecule has 0 spiro atoms. The van der Waals surface area contributed by atoms with Gasteiger partial charge in [-0.1, -0.05) is 20.3 Å². The van der Waals surface area contributed by atoms with E-state index in [0.29, 0.717) is 5.92 Å². The van der Waals surface area contributed by atoms with Crippen molar-refractivity contribution >= 4 is 16.1 Å². The van der Waals surface area contributed by atoms with Gasteiger partial charge in [0.1, 0.15) is 0 Å². The van der Waals surface area contributed by atoms with Crippen molar-refractivity contribution in [1.82, 2.24) is 0 Å². The van der Waals surface area contributed by atoms with E-state index in [9.17, 15) is 17.6 Å². The highest BCUT2D eigenvalue weighted by Crippen LogP contribution is 2.59. The number of carbonyl (C=O) groups excluding carboxylic acids is 1. The molecule has 3 saturated carbocycles. The van der Waals surface area contributed by atoms with Gasteiger partial charge < -0.3 is 14.2 Å². The molecular weight excluding hydrogens is 463 g/mol. The lowest BCUT2D eigenvalue weighted by Gasteiger charge is -2.35. The number of rotatable bonds is 11. The molecule has 6 atom stereocenters. The fourth-order valence-electron chi connectivity index (χ4n) is 6.14. The van der Waals surface area contributed by atoms with Gasteiger partial charge in [-0.15, -0.1) is 0 Å². The highest BCUT2D eigenvalue weighted by molar-refractivity contribution is 7.85. The first kappa shape index (κ1) is 25.4. The lowest BCUT2D eigenvalue weighted by atomic mass is 9.80. The summed E-state index contributed by atoms with van der Waals surface area (Å²) in [6.07, 6.45) is 6.18. The third-order valence-corrected chi connectivity index (χ3v) is 8.47. The van der Waals surface area contributed by atoms with Crippen LogP contribution in [-0.4, -0.2) is 43.7 Å². The fraction of sp³-hybridized carbons (Fsp3) is 0.720. The van der Waals surface area contributed by atoms with Crippen molar-refractivity contribution < 1.29 is 36.4 Å². The van der Waals surface area contributed by atoms with Gasteiger partial charge in [-0.25, -0.2) is 9.18 Å². The number of fused-ring (bicyclic) bond motifs is 5. The van der Waals surface area contributed by atoms with Crippen molar-refractivity contribution in [1.29, 1.82) is 0 Å². The van der Waals surface area contributed by atoms with Gasteiger partial charge in [-0.05, 0) is 80.4 Å². The summed E-state index contributed by atoms with van der Waals surface area (Å²) in [5.41, 5.74) is 0.141. The van der Waals surface area contributed by atoms with Crippen LogP contribution in [0.5, 0.6) is 5.75 Å². The van der Waals surface area contributed by atoms with Crippen LogP contribution >= 0.6 is 0 Å². The van der Waals surface area contributed by atoms with Gasteiger partial charge in [-0.3, -0.25) is 4.55 Å². The molecule has 1 aromatic carbocycles. The normalized spacial score (nSPS) is 28.8. The summed E-state index contributed by atoms with van der Waals surface area (Å²) in [7, 11) is -4.03. The fourth-order valence-corrected chi connectivity index (χ4v) is 6.70. The van der Waals surface area contributed by atoms with E-state index in [0.717, 1.165) is 24.2 Å². The Hall–Kier alpha value is -1.71. The number of hydrogen-bond donors (Lipinski definition) is 1. The number of carbonyl (C=O) groups is 1. The Morgan fingerprint density at radius 3 is 2.65 bits per heavy atom. The number of hydrogen-bond acceptors (Lipinski definition) is 6. The van der Waals surface area contributed by atoms with E-state index in [1.165, 1.54) is 43.9 Å². The van der Waals surface area contributed by atoms with Crippen LogP contribution < -0.4 is 4.74 Å². The Bertz CT molecular complexity index is 979. The first-order valence-electron chi connectivity index (χ1n) is 12.4. The molecular formula is C25H35FO7S. The average molecular weight is 499 g/mol. The molecule has 34 heavy (non-hydrogen) atoms. The van der Waals surface area contributed by atoms with E-state index in [4.69, 9.17) is 18.8 Å². The van der Waals surface area contributed by atoms with E-state index < -0.39 is 28.2 Å². The zero-order valence-corrected chi connectivity index (χ0v) is 20.6. The lowest BCUT2D eigenvalue weighted by molar-refractivity contribution is -0.163. The van der Waals surface area contributed by atoms with Crippen LogP contribution in [-0.2, 0) is 19.6 Å². The van der Waals surface area contributed by atoms with Crippen LogP contribution in [0.1, 0.15) is 69.2 Å². The predicted octanol–water partition coefficient (Wildman–Crippen LogP) is 4.85. The van der Waals surface area contributed by atoms with Gasteiger partial charge in [-0.2, -0.15) is 8.42 Å². The zero-order valence-electron chi connectivity index (χ0n) is 19.8. The minimum absolute atomic E-state index is 0.00341. The van der Waals surface area contributed by atoms with E-state index in [2.05, 4.69) is 0 Å². The largest absolute Gasteiger partial charge is 0.462 e. The topological polar surface area (TPSA) is 99.1 Å². The van der Waals surface area contributed by atoms with Gasteiger partial charge in [0.2, 0.25) is 6.29 Å². The number of benzene rings is 1. The molecule has 0 amide bonds. The van der Waals surface area contributed by atoms with Crippen molar-refractivity contribution in [3.63, 3.8) is 0 Å². The second kappa shape index (κ2) is 10.5. The average Bonchev–Trinajstić information content (AvgIpc) is 3.47. The number of ether oxygens (including phenoxy) is 3. The van der Waals surface area contributed by atoms with Crippen molar-refractivity contribution in [2.75, 3.05) is 12.4 Å². The van der Waals surface area contributed by atoms with Crippen molar-refractivity contribution in [3.8, 4) is 5.75 Å². The maximum atomic E-state index is 14.5. The van der Waals surface area contributed by atoms with Gasteiger partial charge in [0, 0.05) is 5.92 Å². The van der Waals surface area contributed by atoms with E-state index >= 15 is 0 Å². The molecule has 1 aromatic rings. The predicted molar refractivity (Wildman–Crippen MR) is 124 cm³/mol. The molecule has 4 rings (SSSR count). The Labute approximate surface area is 201 Å². The molecule has 3 aliphatic carbocycles. The number of esters is 1. The molecule has 3 fully saturated rings. The number of halogens is 1. The quantitative estimate of drug-likeness (QED) is 0.201. The van der Waals surface area contributed by atoms with Crippen LogP contribution in [0.2, 0.25) is 0 Å². The van der Waals surface area contributed by atoms with Gasteiger partial charge >= 0.3 is 5.97 Å². The summed E-state index contributed by atoms with van der Waals surface area (Å²) >= 11 is 0. The molecule has 7 nitrogen and oxygen atoms in total. The van der Waals surface area contributed by atoms with Crippen molar-refractivity contribution in [3.05, 3.63) is 29.6 Å². The Balaban J connectivity index is 1.34. The SMILES string of the molecule is CC(C)C(Oc1cc(C(=O)OCCCCS(=O)(=O)O)ccc1F)OC1CC2CC1C1CCCC21. The van der Waals surface area contributed by atoms with E-state index in [1.54, 1.807) is 0 Å². The van der Waals surface area contributed by atoms with Gasteiger partial charge in [0.25, 0.3) is 10.1 Å². The maximum absolute atomic E-state index is 14.5. The Morgan fingerprint density at radius 2 is 1.91 bits per heavy atom. The minimum Gasteiger partial charge on any atom is -0.462 e. The first-order valence-corrected chi connectivity index (χ1v) is 14.0. The van der Waals surface area contributed by atoms with Crippen LogP contribution in [0.4, 0.5) is 4.39 Å². The molecule has 3 aliphatic rings. The second-order valence-electron chi connectivity index (χ2n) is 10.3. The van der Waals surface area contributed by atoms with Crippen molar-refractivity contribution in [2.45, 2.75) is 71.2 Å². The summed E-state index contributed by atoms with van der Waals surface area (Å²) in [5, 5.41) is 0. The van der Waals surface area contributed by atoms with Gasteiger partial charge in [0.15, 0.2) is 11.6 Å². The zero-order chi connectivity index (χ0) is 24.5. The summed E-state index contributed by atoms with van der Waals surface area (Å²) < 4.78 is 62.3. The molecule has 2 bridgehead atoms. The molecule has 9 heteroatoms. The Kier molecular flexibility index (Phi) is 7.84. The molecule has 0 aliphatic heterocycles. The van der Waals surface area contributed by atoms with Crippen molar-refractivity contribution in [2.24, 2.45) is 29.6 Å². The van der Waals surface area contributed by atoms with Crippen LogP contribution in [0.3, 0.4) is 0 Å². The summed E-state index contributed by atoms with van der Waals surface area (Å²) in [5.74, 6) is 1.23. The molecule has 190 valence electrons. The van der Waals surface area contributed by atoms with Gasteiger partial charge in [0.05, 0.1) is 24.0 Å². The highest BCUT2D eigenvalue weighted by atomic mass is 32.2. The maximum Gasteiger partial charge on any atom is 0.338 e.